The van der Waals surface area contributed by atoms with Crippen molar-refractivity contribution in [2.75, 3.05) is 0 Å². The first-order chi connectivity index (χ1) is 12.5. The normalized spacial score (nSPS) is 19.7. The Morgan fingerprint density at radius 1 is 0.964 bits per heavy atom. The van der Waals surface area contributed by atoms with Gasteiger partial charge in [-0.2, -0.15) is 0 Å². The van der Waals surface area contributed by atoms with Gasteiger partial charge in [0, 0.05) is 5.92 Å². The van der Waals surface area contributed by atoms with Crippen LogP contribution in [-0.2, 0) is 13.6 Å². The van der Waals surface area contributed by atoms with E-state index in [1.165, 1.54) is 0 Å². The van der Waals surface area contributed by atoms with Gasteiger partial charge in [-0.1, -0.05) is 61.0 Å². The molecule has 0 saturated heterocycles. The molecule has 5 heteroatoms. The Labute approximate surface area is 177 Å². The van der Waals surface area contributed by atoms with Gasteiger partial charge in [-0.25, -0.2) is 0 Å². The molecule has 0 radical (unpaired) electrons. The van der Waals surface area contributed by atoms with E-state index < -0.39 is 16.6 Å². The molecule has 0 bridgehead atoms. The summed E-state index contributed by atoms with van der Waals surface area (Å²) in [5, 5.41) is 0.174. The van der Waals surface area contributed by atoms with Crippen LogP contribution in [0.5, 0.6) is 0 Å². The molecular formula is C23H48O3Si2. The minimum atomic E-state index is -1.90. The van der Waals surface area contributed by atoms with Gasteiger partial charge in [-0.3, -0.25) is 4.79 Å². The highest BCUT2D eigenvalue weighted by atomic mass is 28.4. The zero-order chi connectivity index (χ0) is 22.5. The number of carbonyl (C=O) groups is 1. The average molecular weight is 429 g/mol. The Morgan fingerprint density at radius 2 is 1.46 bits per heavy atom. The molecule has 0 aliphatic heterocycles. The maximum Gasteiger partial charge on any atom is 0.192 e. The lowest BCUT2D eigenvalue weighted by Crippen LogP contribution is -2.51. The number of aldehydes is 1. The van der Waals surface area contributed by atoms with Gasteiger partial charge in [0.1, 0.15) is 6.29 Å². The summed E-state index contributed by atoms with van der Waals surface area (Å²) in [6, 6.07) is 0. The molecule has 0 unspecified atom stereocenters. The third-order valence-corrected chi connectivity index (χ3v) is 11.7. The number of allylic oxidation sites excluding steroid dienone is 1. The molecular weight excluding hydrogens is 380 g/mol. The van der Waals surface area contributed by atoms with Crippen molar-refractivity contribution in [3.05, 3.63) is 11.6 Å². The van der Waals surface area contributed by atoms with Crippen LogP contribution in [0.1, 0.15) is 61.8 Å². The Morgan fingerprint density at radius 3 is 1.82 bits per heavy atom. The first kappa shape index (κ1) is 27.8. The van der Waals surface area contributed by atoms with Crippen LogP contribution in [0.4, 0.5) is 0 Å². The van der Waals surface area contributed by atoms with Crippen LogP contribution in [0.3, 0.4) is 0 Å². The zero-order valence-electron chi connectivity index (χ0n) is 21.0. The lowest BCUT2D eigenvalue weighted by molar-refractivity contribution is -0.104. The smallest absolute Gasteiger partial charge is 0.192 e. The van der Waals surface area contributed by atoms with Crippen LogP contribution in [0.25, 0.3) is 0 Å². The molecule has 0 saturated carbocycles. The second-order valence-electron chi connectivity index (χ2n) is 11.2. The summed E-state index contributed by atoms with van der Waals surface area (Å²) >= 11 is 0. The molecule has 0 fully saturated rings. The van der Waals surface area contributed by atoms with E-state index in [4.69, 9.17) is 8.85 Å². The minimum absolute atomic E-state index is 0.0466. The van der Waals surface area contributed by atoms with E-state index in [-0.39, 0.29) is 29.1 Å². The van der Waals surface area contributed by atoms with Crippen molar-refractivity contribution >= 4 is 22.9 Å². The molecule has 0 aromatic heterocycles. The monoisotopic (exact) mass is 428 g/mol. The van der Waals surface area contributed by atoms with E-state index in [1.807, 2.05) is 6.92 Å². The zero-order valence-corrected chi connectivity index (χ0v) is 23.0. The fourth-order valence-corrected chi connectivity index (χ4v) is 6.06. The summed E-state index contributed by atoms with van der Waals surface area (Å²) in [4.78, 5) is 11.2. The summed E-state index contributed by atoms with van der Waals surface area (Å²) in [7, 11) is -3.66. The summed E-state index contributed by atoms with van der Waals surface area (Å²) in [5.41, 5.74) is 0.772. The van der Waals surface area contributed by atoms with Gasteiger partial charge in [0.15, 0.2) is 16.6 Å². The highest BCUT2D eigenvalue weighted by Crippen LogP contribution is 2.41. The van der Waals surface area contributed by atoms with E-state index in [0.29, 0.717) is 5.92 Å². The van der Waals surface area contributed by atoms with Crippen molar-refractivity contribution in [3.63, 3.8) is 0 Å². The van der Waals surface area contributed by atoms with Crippen LogP contribution >= 0.6 is 0 Å². The fourth-order valence-electron chi connectivity index (χ4n) is 3.33. The molecule has 0 aliphatic carbocycles. The van der Waals surface area contributed by atoms with Gasteiger partial charge < -0.3 is 8.85 Å². The van der Waals surface area contributed by atoms with E-state index in [0.717, 1.165) is 18.3 Å². The van der Waals surface area contributed by atoms with Gasteiger partial charge >= 0.3 is 0 Å². The molecule has 0 amide bonds. The molecule has 0 aromatic rings. The Balaban J connectivity index is 5.99. The van der Waals surface area contributed by atoms with Crippen molar-refractivity contribution in [1.29, 1.82) is 0 Å². The van der Waals surface area contributed by atoms with E-state index in [9.17, 15) is 4.79 Å². The Bertz CT molecular complexity index is 515. The molecule has 0 aromatic carbocycles. The average Bonchev–Trinajstić information content (AvgIpc) is 2.54. The molecule has 166 valence electrons. The van der Waals surface area contributed by atoms with Crippen molar-refractivity contribution in [2.24, 2.45) is 17.8 Å². The molecule has 0 heterocycles. The topological polar surface area (TPSA) is 35.5 Å². The maximum absolute atomic E-state index is 11.2. The second kappa shape index (κ2) is 10.7. The lowest BCUT2D eigenvalue weighted by atomic mass is 9.83. The first-order valence-corrected chi connectivity index (χ1v) is 17.3. The maximum atomic E-state index is 11.2. The number of carbonyl (C=O) groups excluding carboxylic acids is 1. The second-order valence-corrected chi connectivity index (χ2v) is 20.4. The van der Waals surface area contributed by atoms with E-state index in [2.05, 4.69) is 87.3 Å². The molecule has 28 heavy (non-hydrogen) atoms. The van der Waals surface area contributed by atoms with Crippen LogP contribution in [0.2, 0.25) is 37.8 Å². The molecule has 0 spiro atoms. The van der Waals surface area contributed by atoms with Gasteiger partial charge in [-0.05, 0) is 62.1 Å². The Hall–Kier alpha value is -0.236. The standard InChI is InChI=1S/C23H48O3Si2/c1-14-18(3)21(26-28(12,13)23(6,7)8)20(5)22(25-27(9,10)11)19(4)15-17(2)16-24/h15-16,18-22H,14H2,1-13H3/b17-15+/t18-,19+,20-,21+,22+/m0/s1. The van der Waals surface area contributed by atoms with E-state index in [1.54, 1.807) is 0 Å². The highest BCUT2D eigenvalue weighted by molar-refractivity contribution is 6.74. The lowest BCUT2D eigenvalue weighted by Gasteiger charge is -2.46. The van der Waals surface area contributed by atoms with Crippen molar-refractivity contribution < 1.29 is 13.6 Å². The van der Waals surface area contributed by atoms with Crippen LogP contribution in [0.15, 0.2) is 11.6 Å². The van der Waals surface area contributed by atoms with Gasteiger partial charge in [0.2, 0.25) is 0 Å². The van der Waals surface area contributed by atoms with Crippen LogP contribution < -0.4 is 0 Å². The number of rotatable bonds is 11. The third-order valence-electron chi connectivity index (χ3n) is 6.20. The molecule has 5 atom stereocenters. The predicted octanol–water partition coefficient (Wildman–Crippen LogP) is 7.06. The predicted molar refractivity (Wildman–Crippen MR) is 128 cm³/mol. The van der Waals surface area contributed by atoms with Gasteiger partial charge in [-0.15, -0.1) is 0 Å². The third kappa shape index (κ3) is 8.64. The highest BCUT2D eigenvalue weighted by Gasteiger charge is 2.43. The minimum Gasteiger partial charge on any atom is -0.414 e. The number of hydrogen-bond donors (Lipinski definition) is 0. The SMILES string of the molecule is CC[C@H](C)[C@@H](O[Si](C)(C)C(C)(C)C)[C@H](C)[C@H](O[Si](C)(C)C)[C@H](C)/C=C(\C)C=O. The van der Waals surface area contributed by atoms with Crippen LogP contribution in [-0.4, -0.2) is 35.1 Å². The fraction of sp³-hybridized carbons (Fsp3) is 0.870. The largest absolute Gasteiger partial charge is 0.414 e. The molecule has 3 nitrogen and oxygen atoms in total. The van der Waals surface area contributed by atoms with Crippen molar-refractivity contribution in [1.82, 2.24) is 0 Å². The van der Waals surface area contributed by atoms with Crippen LogP contribution in [0, 0.1) is 17.8 Å². The summed E-state index contributed by atoms with van der Waals surface area (Å²) in [6.07, 6.45) is 4.28. The summed E-state index contributed by atoms with van der Waals surface area (Å²) in [6.45, 7) is 29.2. The summed E-state index contributed by atoms with van der Waals surface area (Å²) < 4.78 is 13.7. The van der Waals surface area contributed by atoms with Gasteiger partial charge in [0.25, 0.3) is 0 Å². The van der Waals surface area contributed by atoms with Crippen molar-refractivity contribution in [2.45, 2.75) is 112 Å². The molecule has 0 aliphatic rings. The van der Waals surface area contributed by atoms with E-state index >= 15 is 0 Å². The molecule has 0 N–H and O–H groups in total. The molecule has 0 rings (SSSR count). The Kier molecular flexibility index (Phi) is 10.6. The first-order valence-electron chi connectivity index (χ1n) is 11.0. The van der Waals surface area contributed by atoms with Crippen molar-refractivity contribution in [3.8, 4) is 0 Å². The quantitative estimate of drug-likeness (QED) is 0.201. The van der Waals surface area contributed by atoms with Gasteiger partial charge in [0.05, 0.1) is 12.2 Å². The number of hydrogen-bond acceptors (Lipinski definition) is 3. The summed E-state index contributed by atoms with van der Waals surface area (Å²) in [5.74, 6) is 0.878.